The van der Waals surface area contributed by atoms with Crippen LogP contribution in [0.25, 0.3) is 10.2 Å². The normalized spacial score (nSPS) is 17.9. The van der Waals surface area contributed by atoms with Crippen LogP contribution in [0.1, 0.15) is 43.0 Å². The molecule has 1 atom stereocenters. The molecule has 1 aliphatic carbocycles. The topological polar surface area (TPSA) is 58.0 Å². The van der Waals surface area contributed by atoms with Crippen molar-refractivity contribution in [2.75, 3.05) is 18.5 Å². The van der Waals surface area contributed by atoms with Crippen LogP contribution in [0.3, 0.4) is 0 Å². The molecule has 0 saturated carbocycles. The van der Waals surface area contributed by atoms with E-state index in [1.54, 1.807) is 6.33 Å². The van der Waals surface area contributed by atoms with Crippen LogP contribution in [0.2, 0.25) is 0 Å². The van der Waals surface area contributed by atoms with Gasteiger partial charge in [0.05, 0.1) is 5.39 Å². The molecule has 2 aromatic heterocycles. The Kier molecular flexibility index (Phi) is 4.70. The third kappa shape index (κ3) is 3.19. The van der Waals surface area contributed by atoms with Gasteiger partial charge in [0.2, 0.25) is 0 Å². The molecule has 114 valence electrons. The summed E-state index contributed by atoms with van der Waals surface area (Å²) in [7, 11) is 0. The van der Waals surface area contributed by atoms with Crippen LogP contribution in [0.15, 0.2) is 6.33 Å². The highest BCUT2D eigenvalue weighted by Crippen LogP contribution is 2.39. The van der Waals surface area contributed by atoms with Gasteiger partial charge in [0.15, 0.2) is 0 Å². The summed E-state index contributed by atoms with van der Waals surface area (Å²) in [5.74, 6) is 1.78. The third-order valence-corrected chi connectivity index (χ3v) is 5.38. The first kappa shape index (κ1) is 14.7. The Labute approximate surface area is 129 Å². The number of fused-ring (bicyclic) bond motifs is 3. The molecule has 0 fully saturated rings. The van der Waals surface area contributed by atoms with E-state index in [4.69, 9.17) is 5.11 Å². The number of aliphatic hydroxyl groups is 1. The second-order valence-electron chi connectivity index (χ2n) is 5.97. The lowest BCUT2D eigenvalue weighted by Crippen LogP contribution is -2.10. The van der Waals surface area contributed by atoms with Crippen LogP contribution >= 0.6 is 11.3 Å². The second kappa shape index (κ2) is 6.71. The Bertz CT molecular complexity index is 611. The van der Waals surface area contributed by atoms with Crippen LogP contribution < -0.4 is 5.32 Å². The molecule has 2 heterocycles. The lowest BCUT2D eigenvalue weighted by Gasteiger charge is -2.18. The Morgan fingerprint density at radius 2 is 2.24 bits per heavy atom. The molecule has 21 heavy (non-hydrogen) atoms. The Morgan fingerprint density at radius 1 is 1.33 bits per heavy atom. The highest BCUT2D eigenvalue weighted by Gasteiger charge is 2.22. The number of hydrogen-bond acceptors (Lipinski definition) is 5. The number of nitrogens with zero attached hydrogens (tertiary/aromatic N) is 2. The van der Waals surface area contributed by atoms with Gasteiger partial charge in [-0.1, -0.05) is 6.92 Å². The minimum Gasteiger partial charge on any atom is -0.396 e. The molecule has 0 radical (unpaired) electrons. The van der Waals surface area contributed by atoms with Crippen molar-refractivity contribution in [2.24, 2.45) is 5.92 Å². The summed E-state index contributed by atoms with van der Waals surface area (Å²) in [4.78, 5) is 11.6. The minimum atomic E-state index is 0.286. The van der Waals surface area contributed by atoms with E-state index in [0.717, 1.165) is 48.8 Å². The van der Waals surface area contributed by atoms with Crippen molar-refractivity contribution in [2.45, 2.75) is 45.4 Å². The van der Waals surface area contributed by atoms with E-state index in [1.165, 1.54) is 28.7 Å². The van der Waals surface area contributed by atoms with Crippen molar-refractivity contribution in [3.05, 3.63) is 16.8 Å². The standard InChI is InChI=1S/C16H23N3OS/c1-11-5-6-12-13(9-11)21-16-14(12)15(18-10-19-16)17-7-3-2-4-8-20/h10-11,20H,2-9H2,1H3,(H,17,18,19). The highest BCUT2D eigenvalue weighted by molar-refractivity contribution is 7.19. The number of thiophene rings is 1. The quantitative estimate of drug-likeness (QED) is 0.803. The van der Waals surface area contributed by atoms with Crippen LogP contribution in [0.5, 0.6) is 0 Å². The van der Waals surface area contributed by atoms with Crippen molar-refractivity contribution in [1.82, 2.24) is 9.97 Å². The number of aliphatic hydroxyl groups excluding tert-OH is 1. The molecule has 1 aliphatic rings. The van der Waals surface area contributed by atoms with Gasteiger partial charge in [-0.3, -0.25) is 0 Å². The van der Waals surface area contributed by atoms with Crippen molar-refractivity contribution >= 4 is 27.4 Å². The average Bonchev–Trinajstić information content (AvgIpc) is 2.85. The Hall–Kier alpha value is -1.20. The van der Waals surface area contributed by atoms with Crippen LogP contribution in [0.4, 0.5) is 5.82 Å². The van der Waals surface area contributed by atoms with Crippen molar-refractivity contribution in [3.8, 4) is 0 Å². The van der Waals surface area contributed by atoms with Crippen molar-refractivity contribution in [1.29, 1.82) is 0 Å². The number of hydrogen-bond donors (Lipinski definition) is 2. The molecule has 5 heteroatoms. The smallest absolute Gasteiger partial charge is 0.138 e. The fourth-order valence-electron chi connectivity index (χ4n) is 3.03. The first-order chi connectivity index (χ1) is 10.3. The molecule has 2 aromatic rings. The molecular formula is C16H23N3OS. The Morgan fingerprint density at radius 3 is 3.10 bits per heavy atom. The molecule has 0 amide bonds. The minimum absolute atomic E-state index is 0.286. The summed E-state index contributed by atoms with van der Waals surface area (Å²) in [5.41, 5.74) is 1.48. The number of aromatic nitrogens is 2. The number of anilines is 1. The second-order valence-corrected chi connectivity index (χ2v) is 7.05. The van der Waals surface area contributed by atoms with Gasteiger partial charge >= 0.3 is 0 Å². The van der Waals surface area contributed by atoms with Gasteiger partial charge in [0.1, 0.15) is 17.0 Å². The van der Waals surface area contributed by atoms with E-state index < -0.39 is 0 Å². The molecule has 0 aromatic carbocycles. The van der Waals surface area contributed by atoms with E-state index >= 15 is 0 Å². The molecule has 4 nitrogen and oxygen atoms in total. The van der Waals surface area contributed by atoms with Gasteiger partial charge < -0.3 is 10.4 Å². The molecule has 0 bridgehead atoms. The van der Waals surface area contributed by atoms with Crippen LogP contribution in [0, 0.1) is 5.92 Å². The fraction of sp³-hybridized carbons (Fsp3) is 0.625. The number of aryl methyl sites for hydroxylation is 1. The van der Waals surface area contributed by atoms with Gasteiger partial charge in [-0.25, -0.2) is 9.97 Å². The predicted molar refractivity (Wildman–Crippen MR) is 88.0 cm³/mol. The summed E-state index contributed by atoms with van der Waals surface area (Å²) in [6.07, 6.45) is 8.28. The first-order valence-electron chi connectivity index (χ1n) is 7.89. The van der Waals surface area contributed by atoms with Gasteiger partial charge in [-0.2, -0.15) is 0 Å². The van der Waals surface area contributed by atoms with Crippen molar-refractivity contribution < 1.29 is 5.11 Å². The zero-order chi connectivity index (χ0) is 14.7. The summed E-state index contributed by atoms with van der Waals surface area (Å²) in [6.45, 7) is 3.53. The van der Waals surface area contributed by atoms with Gasteiger partial charge in [0, 0.05) is 18.0 Å². The zero-order valence-electron chi connectivity index (χ0n) is 12.6. The largest absolute Gasteiger partial charge is 0.396 e. The Balaban J connectivity index is 1.79. The fourth-order valence-corrected chi connectivity index (χ4v) is 4.38. The maximum Gasteiger partial charge on any atom is 0.138 e. The monoisotopic (exact) mass is 305 g/mol. The lowest BCUT2D eigenvalue weighted by atomic mass is 9.89. The lowest BCUT2D eigenvalue weighted by molar-refractivity contribution is 0.283. The van der Waals surface area contributed by atoms with E-state index in [-0.39, 0.29) is 6.61 Å². The van der Waals surface area contributed by atoms with E-state index in [9.17, 15) is 0 Å². The highest BCUT2D eigenvalue weighted by atomic mass is 32.1. The average molecular weight is 305 g/mol. The molecule has 3 rings (SSSR count). The SMILES string of the molecule is CC1CCc2c(sc3ncnc(NCCCCCO)c23)C1. The zero-order valence-corrected chi connectivity index (χ0v) is 13.4. The predicted octanol–water partition coefficient (Wildman–Crippen LogP) is 3.39. The maximum atomic E-state index is 8.81. The summed E-state index contributed by atoms with van der Waals surface area (Å²) < 4.78 is 0. The molecule has 0 saturated heterocycles. The first-order valence-corrected chi connectivity index (χ1v) is 8.71. The molecule has 2 N–H and O–H groups in total. The van der Waals surface area contributed by atoms with E-state index in [0.29, 0.717) is 0 Å². The van der Waals surface area contributed by atoms with Crippen molar-refractivity contribution in [3.63, 3.8) is 0 Å². The third-order valence-electron chi connectivity index (χ3n) is 4.22. The van der Waals surface area contributed by atoms with Gasteiger partial charge in [-0.15, -0.1) is 11.3 Å². The van der Waals surface area contributed by atoms with Gasteiger partial charge in [0.25, 0.3) is 0 Å². The van der Waals surface area contributed by atoms with Gasteiger partial charge in [-0.05, 0) is 50.0 Å². The summed E-state index contributed by atoms with van der Waals surface area (Å²) in [6, 6.07) is 0. The summed E-state index contributed by atoms with van der Waals surface area (Å²) >= 11 is 1.84. The maximum absolute atomic E-state index is 8.81. The summed E-state index contributed by atoms with van der Waals surface area (Å²) in [5, 5.41) is 13.5. The van der Waals surface area contributed by atoms with Crippen LogP contribution in [-0.2, 0) is 12.8 Å². The molecule has 0 aliphatic heterocycles. The molecule has 0 spiro atoms. The number of rotatable bonds is 6. The van der Waals surface area contributed by atoms with E-state index in [1.807, 2.05) is 11.3 Å². The number of unbranched alkanes of at least 4 members (excludes halogenated alkanes) is 2. The van der Waals surface area contributed by atoms with Crippen LogP contribution in [-0.4, -0.2) is 28.2 Å². The number of nitrogens with one attached hydrogen (secondary N) is 1. The van der Waals surface area contributed by atoms with E-state index in [2.05, 4.69) is 22.2 Å². The molecular weight excluding hydrogens is 282 g/mol. The molecule has 1 unspecified atom stereocenters.